The summed E-state index contributed by atoms with van der Waals surface area (Å²) in [5.41, 5.74) is -0.485. The summed E-state index contributed by atoms with van der Waals surface area (Å²) in [6.45, 7) is 0. The Hall–Kier alpha value is -1.34. The van der Waals surface area contributed by atoms with Crippen LogP contribution >= 0.6 is 23.4 Å². The zero-order chi connectivity index (χ0) is 16.1. The molecule has 22 heavy (non-hydrogen) atoms. The van der Waals surface area contributed by atoms with Gasteiger partial charge in [0.2, 0.25) is 0 Å². The van der Waals surface area contributed by atoms with E-state index in [1.165, 1.54) is 30.3 Å². The summed E-state index contributed by atoms with van der Waals surface area (Å²) in [5.74, 6) is 0. The van der Waals surface area contributed by atoms with Crippen LogP contribution in [0.4, 0.5) is 11.4 Å². The van der Waals surface area contributed by atoms with Gasteiger partial charge in [0, 0.05) is 16.7 Å². The average molecular weight is 345 g/mol. The summed E-state index contributed by atoms with van der Waals surface area (Å²) in [6, 6.07) is 3.79. The van der Waals surface area contributed by atoms with E-state index in [0.717, 1.165) is 38.2 Å². The van der Waals surface area contributed by atoms with E-state index >= 15 is 0 Å². The van der Waals surface area contributed by atoms with Crippen LogP contribution in [0.1, 0.15) is 38.5 Å². The molecular formula is C14H17ClN2O4S. The van der Waals surface area contributed by atoms with Gasteiger partial charge in [0.1, 0.15) is 0 Å². The molecule has 1 saturated carbocycles. The minimum Gasteiger partial charge on any atom is -0.258 e. The Bertz CT molecular complexity index is 570. The summed E-state index contributed by atoms with van der Waals surface area (Å²) >= 11 is 7.80. The first-order chi connectivity index (χ1) is 10.5. The molecule has 1 aliphatic carbocycles. The van der Waals surface area contributed by atoms with Gasteiger partial charge in [-0.25, -0.2) is 0 Å². The second-order valence-electron chi connectivity index (χ2n) is 5.33. The van der Waals surface area contributed by atoms with E-state index in [-0.39, 0.29) is 22.0 Å². The SMILES string of the molecule is O=[N+]([O-])c1ccc(S[C@H]2CCCCCC[C@H]2Cl)c([N+](=O)[O-])c1. The second-order valence-corrected chi connectivity index (χ2v) is 7.17. The van der Waals surface area contributed by atoms with Crippen molar-refractivity contribution in [2.45, 2.75) is 54.0 Å². The second kappa shape index (κ2) is 7.78. The normalized spacial score (nSPS) is 22.6. The van der Waals surface area contributed by atoms with Crippen LogP contribution in [0.5, 0.6) is 0 Å². The highest BCUT2D eigenvalue weighted by Gasteiger charge is 2.26. The fourth-order valence-electron chi connectivity index (χ4n) is 2.56. The number of hydrogen-bond acceptors (Lipinski definition) is 5. The Kier molecular flexibility index (Phi) is 6.02. The molecular weight excluding hydrogens is 328 g/mol. The molecule has 1 aromatic carbocycles. The lowest BCUT2D eigenvalue weighted by Gasteiger charge is -2.24. The van der Waals surface area contributed by atoms with Crippen LogP contribution in [0.15, 0.2) is 23.1 Å². The predicted molar refractivity (Wildman–Crippen MR) is 86.7 cm³/mol. The van der Waals surface area contributed by atoms with Gasteiger partial charge in [-0.1, -0.05) is 25.7 Å². The van der Waals surface area contributed by atoms with Crippen molar-refractivity contribution in [1.29, 1.82) is 0 Å². The molecule has 0 spiro atoms. The quantitative estimate of drug-likeness (QED) is 0.439. The molecule has 1 aliphatic rings. The first-order valence-corrected chi connectivity index (χ1v) is 8.54. The fraction of sp³-hybridized carbons (Fsp3) is 0.571. The molecule has 0 radical (unpaired) electrons. The van der Waals surface area contributed by atoms with Crippen molar-refractivity contribution in [3.63, 3.8) is 0 Å². The Labute approximate surface area is 137 Å². The van der Waals surface area contributed by atoms with Gasteiger partial charge in [-0.05, 0) is 18.9 Å². The summed E-state index contributed by atoms with van der Waals surface area (Å²) in [7, 11) is 0. The molecule has 0 saturated heterocycles. The molecule has 0 bridgehead atoms. The minimum atomic E-state index is -0.623. The van der Waals surface area contributed by atoms with Gasteiger partial charge in [0.05, 0.1) is 20.8 Å². The molecule has 6 nitrogen and oxygen atoms in total. The Morgan fingerprint density at radius 1 is 1.05 bits per heavy atom. The largest absolute Gasteiger partial charge is 0.289 e. The van der Waals surface area contributed by atoms with E-state index in [1.54, 1.807) is 0 Å². The molecule has 1 fully saturated rings. The van der Waals surface area contributed by atoms with Crippen molar-refractivity contribution in [2.24, 2.45) is 0 Å². The zero-order valence-electron chi connectivity index (χ0n) is 11.9. The van der Waals surface area contributed by atoms with Crippen molar-refractivity contribution < 1.29 is 9.85 Å². The van der Waals surface area contributed by atoms with Gasteiger partial charge < -0.3 is 0 Å². The third-order valence-electron chi connectivity index (χ3n) is 3.75. The van der Waals surface area contributed by atoms with E-state index in [1.807, 2.05) is 0 Å². The number of non-ortho nitro benzene ring substituents is 1. The number of thioether (sulfide) groups is 1. The van der Waals surface area contributed by atoms with Crippen LogP contribution in [0, 0.1) is 20.2 Å². The molecule has 120 valence electrons. The van der Waals surface area contributed by atoms with Gasteiger partial charge in [-0.15, -0.1) is 23.4 Å². The van der Waals surface area contributed by atoms with E-state index in [9.17, 15) is 20.2 Å². The predicted octanol–water partition coefficient (Wildman–Crippen LogP) is 4.93. The maximum Gasteiger partial charge on any atom is 0.289 e. The van der Waals surface area contributed by atoms with Gasteiger partial charge in [0.15, 0.2) is 0 Å². The molecule has 8 heteroatoms. The van der Waals surface area contributed by atoms with E-state index in [4.69, 9.17) is 11.6 Å². The highest BCUT2D eigenvalue weighted by Crippen LogP contribution is 2.40. The van der Waals surface area contributed by atoms with Crippen molar-refractivity contribution in [2.75, 3.05) is 0 Å². The maximum absolute atomic E-state index is 11.2. The van der Waals surface area contributed by atoms with Crippen molar-refractivity contribution >= 4 is 34.7 Å². The van der Waals surface area contributed by atoms with Crippen molar-refractivity contribution in [1.82, 2.24) is 0 Å². The summed E-state index contributed by atoms with van der Waals surface area (Å²) in [5, 5.41) is 22.0. The third kappa shape index (κ3) is 4.33. The monoisotopic (exact) mass is 344 g/mol. The first-order valence-electron chi connectivity index (χ1n) is 7.22. The number of nitrogens with zero attached hydrogens (tertiary/aromatic N) is 2. The molecule has 0 N–H and O–H groups in total. The smallest absolute Gasteiger partial charge is 0.258 e. The van der Waals surface area contributed by atoms with Gasteiger partial charge in [-0.2, -0.15) is 0 Å². The molecule has 0 aromatic heterocycles. The Balaban J connectivity index is 2.23. The molecule has 0 amide bonds. The Morgan fingerprint density at radius 3 is 2.36 bits per heavy atom. The highest BCUT2D eigenvalue weighted by molar-refractivity contribution is 8.00. The number of nitro benzene ring substituents is 2. The number of hydrogen-bond donors (Lipinski definition) is 0. The number of benzene rings is 1. The van der Waals surface area contributed by atoms with Crippen LogP contribution in [-0.4, -0.2) is 20.5 Å². The van der Waals surface area contributed by atoms with Crippen LogP contribution < -0.4 is 0 Å². The number of rotatable bonds is 4. The molecule has 2 rings (SSSR count). The van der Waals surface area contributed by atoms with E-state index in [0.29, 0.717) is 4.90 Å². The van der Waals surface area contributed by atoms with Crippen molar-refractivity contribution in [3.8, 4) is 0 Å². The van der Waals surface area contributed by atoms with Crippen LogP contribution in [-0.2, 0) is 0 Å². The standard InChI is InChI=1S/C14H17ClN2O4S/c15-11-5-3-1-2-4-6-13(11)22-14-8-7-10(16(18)19)9-12(14)17(20)21/h7-9,11,13H,1-6H2/t11-,13+/m1/s1. The number of nitro groups is 2. The lowest BCUT2D eigenvalue weighted by Crippen LogP contribution is -2.19. The number of halogens is 1. The molecule has 0 aliphatic heterocycles. The third-order valence-corrected chi connectivity index (χ3v) is 5.89. The van der Waals surface area contributed by atoms with Gasteiger partial charge in [-0.3, -0.25) is 20.2 Å². The summed E-state index contributed by atoms with van der Waals surface area (Å²) in [6.07, 6.45) is 6.28. The van der Waals surface area contributed by atoms with Crippen LogP contribution in [0.3, 0.4) is 0 Å². The average Bonchev–Trinajstić information content (AvgIpc) is 2.46. The fourth-order valence-corrected chi connectivity index (χ4v) is 4.29. The maximum atomic E-state index is 11.2. The van der Waals surface area contributed by atoms with Crippen LogP contribution in [0.25, 0.3) is 0 Å². The molecule has 0 heterocycles. The summed E-state index contributed by atoms with van der Waals surface area (Å²) in [4.78, 5) is 21.2. The van der Waals surface area contributed by atoms with E-state index in [2.05, 4.69) is 0 Å². The minimum absolute atomic E-state index is 0.0277. The Morgan fingerprint density at radius 2 is 1.73 bits per heavy atom. The lowest BCUT2D eigenvalue weighted by atomic mass is 10.0. The number of alkyl halides is 1. The summed E-state index contributed by atoms with van der Waals surface area (Å²) < 4.78 is 0. The van der Waals surface area contributed by atoms with E-state index < -0.39 is 9.85 Å². The topological polar surface area (TPSA) is 86.3 Å². The van der Waals surface area contributed by atoms with Gasteiger partial charge >= 0.3 is 0 Å². The first kappa shape index (κ1) is 17.0. The molecule has 2 atom stereocenters. The molecule has 0 unspecified atom stereocenters. The highest BCUT2D eigenvalue weighted by atomic mass is 35.5. The van der Waals surface area contributed by atoms with Crippen molar-refractivity contribution in [3.05, 3.63) is 38.4 Å². The lowest BCUT2D eigenvalue weighted by molar-refractivity contribution is -0.396. The zero-order valence-corrected chi connectivity index (χ0v) is 13.5. The van der Waals surface area contributed by atoms with Crippen LogP contribution in [0.2, 0.25) is 0 Å². The van der Waals surface area contributed by atoms with Gasteiger partial charge in [0.25, 0.3) is 11.4 Å². The molecule has 1 aromatic rings.